The lowest BCUT2D eigenvalue weighted by molar-refractivity contribution is -0.123. The van der Waals surface area contributed by atoms with Gasteiger partial charge in [0, 0.05) is 25.3 Å². The van der Waals surface area contributed by atoms with Crippen molar-refractivity contribution in [2.45, 2.75) is 32.4 Å². The molecule has 0 saturated carbocycles. The second-order valence-electron chi connectivity index (χ2n) is 5.52. The quantitative estimate of drug-likeness (QED) is 0.882. The number of pyridine rings is 1. The van der Waals surface area contributed by atoms with Crippen molar-refractivity contribution in [3.05, 3.63) is 23.4 Å². The molecule has 0 spiro atoms. The average molecular weight is 333 g/mol. The predicted octanol–water partition coefficient (Wildman–Crippen LogP) is 1.84. The molecule has 2 rings (SSSR count). The van der Waals surface area contributed by atoms with Crippen molar-refractivity contribution in [1.82, 2.24) is 10.3 Å². The van der Waals surface area contributed by atoms with Crippen LogP contribution in [-0.2, 0) is 4.79 Å². The molecule has 2 atom stereocenters. The molecule has 0 bridgehead atoms. The number of anilines is 1. The van der Waals surface area contributed by atoms with Gasteiger partial charge < -0.3 is 16.0 Å². The Morgan fingerprint density at radius 3 is 2.90 bits per heavy atom. The summed E-state index contributed by atoms with van der Waals surface area (Å²) in [6.07, 6.45) is 2.60. The standard InChI is InChI=1S/C14H21ClN4O.ClH/c1-9(2)12(16)14(20)18-10-5-7-19(8-10)13-11(15)4-3-6-17-13;/h3-4,6,9-10,12H,5,7-8,16H2,1-2H3,(H,18,20);1H/t10?,12-;/m0./s1. The lowest BCUT2D eigenvalue weighted by Crippen LogP contribution is -2.48. The molecule has 3 N–H and O–H groups in total. The number of hydrogen-bond donors (Lipinski definition) is 2. The lowest BCUT2D eigenvalue weighted by atomic mass is 10.0. The highest BCUT2D eigenvalue weighted by molar-refractivity contribution is 6.32. The van der Waals surface area contributed by atoms with Gasteiger partial charge >= 0.3 is 0 Å². The van der Waals surface area contributed by atoms with E-state index in [0.29, 0.717) is 11.6 Å². The normalized spacial score (nSPS) is 19.3. The van der Waals surface area contributed by atoms with Crippen molar-refractivity contribution in [2.75, 3.05) is 18.0 Å². The van der Waals surface area contributed by atoms with Crippen LogP contribution in [0.1, 0.15) is 20.3 Å². The molecule has 7 heteroatoms. The predicted molar refractivity (Wildman–Crippen MR) is 88.1 cm³/mol. The first kappa shape index (κ1) is 18.0. The highest BCUT2D eigenvalue weighted by Crippen LogP contribution is 2.25. The van der Waals surface area contributed by atoms with Crippen molar-refractivity contribution < 1.29 is 4.79 Å². The molecular formula is C14H22Cl2N4O. The van der Waals surface area contributed by atoms with E-state index in [9.17, 15) is 4.79 Å². The molecule has 0 aromatic carbocycles. The van der Waals surface area contributed by atoms with Crippen LogP contribution >= 0.6 is 24.0 Å². The van der Waals surface area contributed by atoms with Gasteiger partial charge in [0.1, 0.15) is 5.82 Å². The third-order valence-corrected chi connectivity index (χ3v) is 3.89. The van der Waals surface area contributed by atoms with Crippen LogP contribution in [0.2, 0.25) is 5.02 Å². The maximum Gasteiger partial charge on any atom is 0.237 e. The minimum Gasteiger partial charge on any atom is -0.353 e. The Kier molecular flexibility index (Phi) is 6.71. The van der Waals surface area contributed by atoms with Crippen LogP contribution < -0.4 is 16.0 Å². The van der Waals surface area contributed by atoms with Gasteiger partial charge in [0.15, 0.2) is 0 Å². The molecular weight excluding hydrogens is 311 g/mol. The third kappa shape index (κ3) is 4.46. The molecule has 1 aromatic heterocycles. The topological polar surface area (TPSA) is 71.2 Å². The number of nitrogens with two attached hydrogens (primary N) is 1. The number of hydrogen-bond acceptors (Lipinski definition) is 4. The molecule has 1 unspecified atom stereocenters. The average Bonchev–Trinajstić information content (AvgIpc) is 2.86. The van der Waals surface area contributed by atoms with E-state index in [1.54, 1.807) is 6.20 Å². The van der Waals surface area contributed by atoms with Gasteiger partial charge in [0.25, 0.3) is 0 Å². The Morgan fingerprint density at radius 1 is 1.57 bits per heavy atom. The van der Waals surface area contributed by atoms with Crippen molar-refractivity contribution in [1.29, 1.82) is 0 Å². The smallest absolute Gasteiger partial charge is 0.237 e. The first-order valence-corrected chi connectivity index (χ1v) is 7.28. The van der Waals surface area contributed by atoms with Crippen molar-refractivity contribution >= 4 is 35.7 Å². The van der Waals surface area contributed by atoms with E-state index in [1.165, 1.54) is 0 Å². The number of rotatable bonds is 4. The SMILES string of the molecule is CC(C)[C@H](N)C(=O)NC1CCN(c2ncccc2Cl)C1.Cl. The van der Waals surface area contributed by atoms with Crippen LogP contribution in [-0.4, -0.2) is 36.1 Å². The van der Waals surface area contributed by atoms with E-state index >= 15 is 0 Å². The Bertz CT molecular complexity index is 484. The van der Waals surface area contributed by atoms with E-state index < -0.39 is 6.04 Å². The van der Waals surface area contributed by atoms with Gasteiger partial charge in [-0.3, -0.25) is 4.79 Å². The molecule has 0 radical (unpaired) electrons. The van der Waals surface area contributed by atoms with Crippen molar-refractivity contribution in [3.8, 4) is 0 Å². The first-order chi connectivity index (χ1) is 9.49. The van der Waals surface area contributed by atoms with E-state index in [2.05, 4.69) is 15.2 Å². The van der Waals surface area contributed by atoms with E-state index in [0.717, 1.165) is 18.8 Å². The highest BCUT2D eigenvalue weighted by Gasteiger charge is 2.28. The molecule has 1 aliphatic rings. The zero-order valence-corrected chi connectivity index (χ0v) is 13.8. The van der Waals surface area contributed by atoms with Gasteiger partial charge in [-0.05, 0) is 24.5 Å². The van der Waals surface area contributed by atoms with E-state index in [1.807, 2.05) is 26.0 Å². The largest absolute Gasteiger partial charge is 0.353 e. The van der Waals surface area contributed by atoms with Crippen molar-refractivity contribution in [2.24, 2.45) is 11.7 Å². The number of nitrogens with zero attached hydrogens (tertiary/aromatic N) is 2. The monoisotopic (exact) mass is 332 g/mol. The van der Waals surface area contributed by atoms with Gasteiger partial charge in [0.05, 0.1) is 11.1 Å². The summed E-state index contributed by atoms with van der Waals surface area (Å²) in [5.74, 6) is 0.829. The summed E-state index contributed by atoms with van der Waals surface area (Å²) in [5.41, 5.74) is 5.85. The summed E-state index contributed by atoms with van der Waals surface area (Å²) in [6.45, 7) is 5.43. The van der Waals surface area contributed by atoms with E-state index in [-0.39, 0.29) is 30.3 Å². The van der Waals surface area contributed by atoms with Gasteiger partial charge in [-0.15, -0.1) is 12.4 Å². The summed E-state index contributed by atoms with van der Waals surface area (Å²) < 4.78 is 0. The third-order valence-electron chi connectivity index (χ3n) is 3.59. The maximum absolute atomic E-state index is 12.0. The lowest BCUT2D eigenvalue weighted by Gasteiger charge is -2.21. The van der Waals surface area contributed by atoms with Crippen LogP contribution in [0, 0.1) is 5.92 Å². The van der Waals surface area contributed by atoms with Crippen LogP contribution in [0.15, 0.2) is 18.3 Å². The molecule has 0 aliphatic carbocycles. The Hall–Kier alpha value is -1.04. The molecule has 1 saturated heterocycles. The molecule has 118 valence electrons. The molecule has 21 heavy (non-hydrogen) atoms. The number of aromatic nitrogens is 1. The minimum atomic E-state index is -0.456. The van der Waals surface area contributed by atoms with Crippen LogP contribution in [0.5, 0.6) is 0 Å². The fraction of sp³-hybridized carbons (Fsp3) is 0.571. The molecule has 1 amide bonds. The number of carbonyl (C=O) groups excluding carboxylic acids is 1. The van der Waals surface area contributed by atoms with Gasteiger partial charge in [-0.1, -0.05) is 25.4 Å². The summed E-state index contributed by atoms with van der Waals surface area (Å²) in [4.78, 5) is 18.3. The Labute approximate surface area is 136 Å². The Balaban J connectivity index is 0.00000220. The first-order valence-electron chi connectivity index (χ1n) is 6.90. The summed E-state index contributed by atoms with van der Waals surface area (Å²) in [5, 5.41) is 3.64. The van der Waals surface area contributed by atoms with Gasteiger partial charge in [-0.2, -0.15) is 0 Å². The second kappa shape index (κ2) is 7.82. The number of nitrogens with one attached hydrogen (secondary N) is 1. The fourth-order valence-electron chi connectivity index (χ4n) is 2.28. The zero-order valence-electron chi connectivity index (χ0n) is 12.3. The van der Waals surface area contributed by atoms with Gasteiger partial charge in [-0.25, -0.2) is 4.98 Å². The maximum atomic E-state index is 12.0. The summed E-state index contributed by atoms with van der Waals surface area (Å²) in [7, 11) is 0. The molecule has 2 heterocycles. The number of halogens is 2. The Morgan fingerprint density at radius 2 is 2.29 bits per heavy atom. The van der Waals surface area contributed by atoms with E-state index in [4.69, 9.17) is 17.3 Å². The number of amides is 1. The second-order valence-corrected chi connectivity index (χ2v) is 5.93. The minimum absolute atomic E-state index is 0. The van der Waals surface area contributed by atoms with Gasteiger partial charge in [0.2, 0.25) is 5.91 Å². The summed E-state index contributed by atoms with van der Waals surface area (Å²) in [6, 6.07) is 3.28. The zero-order chi connectivity index (χ0) is 14.7. The van der Waals surface area contributed by atoms with Crippen LogP contribution in [0.4, 0.5) is 5.82 Å². The van der Waals surface area contributed by atoms with Crippen LogP contribution in [0.3, 0.4) is 0 Å². The molecule has 1 aromatic rings. The van der Waals surface area contributed by atoms with Crippen LogP contribution in [0.25, 0.3) is 0 Å². The number of carbonyl (C=O) groups is 1. The molecule has 1 aliphatic heterocycles. The molecule has 1 fully saturated rings. The highest BCUT2D eigenvalue weighted by atomic mass is 35.5. The molecule has 5 nitrogen and oxygen atoms in total. The summed E-state index contributed by atoms with van der Waals surface area (Å²) >= 11 is 6.14. The fourth-order valence-corrected chi connectivity index (χ4v) is 2.52. The van der Waals surface area contributed by atoms with Crippen molar-refractivity contribution in [3.63, 3.8) is 0 Å².